The van der Waals surface area contributed by atoms with Crippen molar-refractivity contribution in [3.63, 3.8) is 0 Å². The first-order chi connectivity index (χ1) is 22.9. The Hall–Kier alpha value is -3.27. The standard InChI is InChI=1S/C38H45N5O2S2/c1-4-41-17-8-9-25(22-41)16-18-42-19-20-43-31-21-32(38(44)45)47-37(31)33(26-10-6-5-7-11-26)35(43)28-13-14-29-27(34(28)42)12-15-30(40-29)36-23(2)39-24(3)46-36/h12-15,21,25-26H,4-11,16-20,22H2,1-3H3,(H,44,45). The van der Waals surface area contributed by atoms with Crippen LogP contribution in [0.15, 0.2) is 30.3 Å². The number of piperidine rings is 1. The van der Waals surface area contributed by atoms with E-state index in [0.29, 0.717) is 16.7 Å². The zero-order chi connectivity index (χ0) is 32.2. The Morgan fingerprint density at radius 3 is 2.60 bits per heavy atom. The molecule has 2 aliphatic heterocycles. The highest BCUT2D eigenvalue weighted by Crippen LogP contribution is 2.51. The van der Waals surface area contributed by atoms with Gasteiger partial charge in [-0.2, -0.15) is 0 Å². The number of carbonyl (C=O) groups is 1. The van der Waals surface area contributed by atoms with Crippen LogP contribution in [0, 0.1) is 19.8 Å². The zero-order valence-corrected chi connectivity index (χ0v) is 29.5. The first-order valence-corrected chi connectivity index (χ1v) is 19.3. The average Bonchev–Trinajstić information content (AvgIpc) is 3.72. The van der Waals surface area contributed by atoms with Crippen molar-refractivity contribution in [2.45, 2.75) is 84.6 Å². The second kappa shape index (κ2) is 12.6. The molecule has 0 spiro atoms. The second-order valence-corrected chi connectivity index (χ2v) is 16.2. The summed E-state index contributed by atoms with van der Waals surface area (Å²) < 4.78 is 3.67. The lowest BCUT2D eigenvalue weighted by molar-refractivity contribution is 0.0702. The number of aromatic carboxylic acids is 1. The number of aromatic nitrogens is 3. The summed E-state index contributed by atoms with van der Waals surface area (Å²) in [5, 5.41) is 12.3. The van der Waals surface area contributed by atoms with Crippen molar-refractivity contribution in [3.05, 3.63) is 51.5 Å². The Morgan fingerprint density at radius 2 is 1.83 bits per heavy atom. The SMILES string of the molecule is CCN1CCCC(CCN2CCn3c(c(C4CCCCC4)c4sc(C(=O)O)cc43)-c3ccc4nc(-c5sc(C)nc5C)ccc4c32)C1. The third kappa shape index (κ3) is 5.58. The van der Waals surface area contributed by atoms with Crippen LogP contribution in [0.5, 0.6) is 0 Å². The molecule has 1 aliphatic carbocycles. The number of anilines is 1. The summed E-state index contributed by atoms with van der Waals surface area (Å²) in [6.45, 7) is 12.7. The van der Waals surface area contributed by atoms with Crippen LogP contribution in [-0.2, 0) is 6.54 Å². The molecular formula is C38H45N5O2S2. The van der Waals surface area contributed by atoms with Crippen molar-refractivity contribution in [2.24, 2.45) is 5.92 Å². The lowest BCUT2D eigenvalue weighted by atomic mass is 9.82. The number of hydrogen-bond donors (Lipinski definition) is 1. The predicted octanol–water partition coefficient (Wildman–Crippen LogP) is 9.35. The van der Waals surface area contributed by atoms with Crippen molar-refractivity contribution < 1.29 is 9.90 Å². The number of thiophene rings is 1. The predicted molar refractivity (Wildman–Crippen MR) is 196 cm³/mol. The maximum Gasteiger partial charge on any atom is 0.345 e. The quantitative estimate of drug-likeness (QED) is 0.187. The summed E-state index contributed by atoms with van der Waals surface area (Å²) >= 11 is 3.20. The maximum absolute atomic E-state index is 12.2. The van der Waals surface area contributed by atoms with Gasteiger partial charge in [0.1, 0.15) is 4.88 Å². The topological polar surface area (TPSA) is 74.5 Å². The maximum atomic E-state index is 12.2. The summed E-state index contributed by atoms with van der Waals surface area (Å²) in [4.78, 5) is 29.0. The van der Waals surface area contributed by atoms with Crippen LogP contribution in [0.3, 0.4) is 0 Å². The van der Waals surface area contributed by atoms with Crippen molar-refractivity contribution >= 4 is 55.4 Å². The van der Waals surface area contributed by atoms with Crippen LogP contribution < -0.4 is 4.90 Å². The summed E-state index contributed by atoms with van der Waals surface area (Å²) in [6, 6.07) is 11.0. The molecule has 246 valence electrons. The lowest BCUT2D eigenvalue weighted by Crippen LogP contribution is -2.37. The van der Waals surface area contributed by atoms with E-state index >= 15 is 0 Å². The number of likely N-dealkylation sites (tertiary alicyclic amines) is 1. The van der Waals surface area contributed by atoms with Gasteiger partial charge in [0, 0.05) is 37.1 Å². The molecule has 1 N–H and O–H groups in total. The van der Waals surface area contributed by atoms with E-state index in [1.54, 1.807) is 11.3 Å². The number of nitrogens with zero attached hydrogens (tertiary/aromatic N) is 5. The van der Waals surface area contributed by atoms with E-state index < -0.39 is 5.97 Å². The molecule has 4 aromatic heterocycles. The van der Waals surface area contributed by atoms with Crippen LogP contribution in [0.1, 0.15) is 90.1 Å². The molecule has 1 unspecified atom stereocenters. The van der Waals surface area contributed by atoms with Gasteiger partial charge in [0.25, 0.3) is 0 Å². The van der Waals surface area contributed by atoms with Crippen molar-refractivity contribution in [1.29, 1.82) is 0 Å². The minimum Gasteiger partial charge on any atom is -0.477 e. The van der Waals surface area contributed by atoms with Crippen molar-refractivity contribution in [1.82, 2.24) is 19.4 Å². The molecule has 9 heteroatoms. The number of aryl methyl sites for hydroxylation is 2. The fraction of sp³-hybridized carbons (Fsp3) is 0.500. The highest BCUT2D eigenvalue weighted by Gasteiger charge is 2.33. The van der Waals surface area contributed by atoms with E-state index in [1.807, 2.05) is 6.07 Å². The fourth-order valence-corrected chi connectivity index (χ4v) is 10.7. The molecule has 0 radical (unpaired) electrons. The van der Waals surface area contributed by atoms with Gasteiger partial charge >= 0.3 is 5.97 Å². The highest BCUT2D eigenvalue weighted by atomic mass is 32.1. The number of rotatable bonds is 7. The molecule has 5 aromatic rings. The van der Waals surface area contributed by atoms with Gasteiger partial charge in [-0.3, -0.25) is 0 Å². The minimum atomic E-state index is -0.821. The molecule has 3 aliphatic rings. The average molecular weight is 668 g/mol. The third-order valence-corrected chi connectivity index (χ3v) is 13.2. The van der Waals surface area contributed by atoms with E-state index in [1.165, 1.54) is 108 Å². The number of carboxylic acid groups (broad SMARTS) is 1. The Balaban J connectivity index is 1.30. The van der Waals surface area contributed by atoms with Gasteiger partial charge in [0.2, 0.25) is 0 Å². The van der Waals surface area contributed by atoms with E-state index in [0.717, 1.165) is 58.5 Å². The van der Waals surface area contributed by atoms with Crippen LogP contribution in [-0.4, -0.2) is 63.2 Å². The molecule has 7 nitrogen and oxygen atoms in total. The Labute approximate surface area is 285 Å². The fourth-order valence-electron chi connectivity index (χ4n) is 8.73. The smallest absolute Gasteiger partial charge is 0.345 e. The largest absolute Gasteiger partial charge is 0.477 e. The molecular weight excluding hydrogens is 623 g/mol. The third-order valence-electron chi connectivity index (χ3n) is 11.0. The van der Waals surface area contributed by atoms with E-state index in [-0.39, 0.29) is 0 Å². The van der Waals surface area contributed by atoms with Gasteiger partial charge in [-0.15, -0.1) is 22.7 Å². The second-order valence-electron chi connectivity index (χ2n) is 13.9. The number of thiazole rings is 1. The first kappa shape index (κ1) is 31.0. The number of benzene rings is 1. The molecule has 1 atom stereocenters. The van der Waals surface area contributed by atoms with Crippen molar-refractivity contribution in [2.75, 3.05) is 37.6 Å². The molecule has 47 heavy (non-hydrogen) atoms. The number of pyridine rings is 1. The zero-order valence-electron chi connectivity index (χ0n) is 27.8. The first-order valence-electron chi connectivity index (χ1n) is 17.6. The molecule has 0 bridgehead atoms. The summed E-state index contributed by atoms with van der Waals surface area (Å²) in [5.74, 6) is 0.350. The number of hydrogen-bond acceptors (Lipinski definition) is 7. The molecule has 1 aromatic carbocycles. The molecule has 6 heterocycles. The van der Waals surface area contributed by atoms with Gasteiger partial charge in [-0.25, -0.2) is 14.8 Å². The van der Waals surface area contributed by atoms with Gasteiger partial charge < -0.3 is 19.5 Å². The minimum absolute atomic E-state index is 0.449. The molecule has 1 saturated carbocycles. The molecule has 8 rings (SSSR count). The monoisotopic (exact) mass is 667 g/mol. The summed E-state index contributed by atoms with van der Waals surface area (Å²) in [5.41, 5.74) is 9.48. The van der Waals surface area contributed by atoms with Gasteiger partial charge in [0.05, 0.1) is 48.4 Å². The van der Waals surface area contributed by atoms with Gasteiger partial charge in [-0.1, -0.05) is 26.2 Å². The van der Waals surface area contributed by atoms with Gasteiger partial charge in [0.15, 0.2) is 0 Å². The number of fused-ring (bicyclic) bond motifs is 7. The van der Waals surface area contributed by atoms with E-state index in [2.05, 4.69) is 64.4 Å². The van der Waals surface area contributed by atoms with E-state index in [4.69, 9.17) is 4.98 Å². The lowest BCUT2D eigenvalue weighted by Gasteiger charge is -2.34. The summed E-state index contributed by atoms with van der Waals surface area (Å²) in [7, 11) is 0. The number of carboxylic acids is 1. The molecule has 2 fully saturated rings. The summed E-state index contributed by atoms with van der Waals surface area (Å²) in [6.07, 6.45) is 9.90. The molecule has 1 saturated heterocycles. The van der Waals surface area contributed by atoms with Gasteiger partial charge in [-0.05, 0) is 107 Å². The Bertz CT molecular complexity index is 1970. The van der Waals surface area contributed by atoms with Crippen LogP contribution in [0.2, 0.25) is 0 Å². The molecule has 0 amide bonds. The van der Waals surface area contributed by atoms with Crippen molar-refractivity contribution in [3.8, 4) is 21.8 Å². The van der Waals surface area contributed by atoms with Crippen LogP contribution in [0.25, 0.3) is 42.9 Å². The van der Waals surface area contributed by atoms with Crippen LogP contribution in [0.4, 0.5) is 5.69 Å². The van der Waals surface area contributed by atoms with E-state index in [9.17, 15) is 9.90 Å². The Kier molecular flexibility index (Phi) is 8.34. The Morgan fingerprint density at radius 1 is 0.979 bits per heavy atom. The highest BCUT2D eigenvalue weighted by molar-refractivity contribution is 7.21. The normalized spacial score (nSPS) is 19.3. The van der Waals surface area contributed by atoms with Crippen LogP contribution >= 0.6 is 22.7 Å².